The van der Waals surface area contributed by atoms with Gasteiger partial charge in [-0.05, 0) is 42.8 Å². The van der Waals surface area contributed by atoms with Crippen LogP contribution in [0.25, 0.3) is 0 Å². The number of hydrogen-bond donors (Lipinski definition) is 1. The summed E-state index contributed by atoms with van der Waals surface area (Å²) in [6.07, 6.45) is 0.662. The highest BCUT2D eigenvalue weighted by atomic mass is 16.2. The maximum absolute atomic E-state index is 13.3. The van der Waals surface area contributed by atoms with Crippen LogP contribution >= 0.6 is 0 Å². The molecule has 2 aliphatic rings. The largest absolute Gasteiger partial charge is 0.324 e. The Labute approximate surface area is 195 Å². The van der Waals surface area contributed by atoms with Gasteiger partial charge >= 0.3 is 0 Å². The molecule has 33 heavy (non-hydrogen) atoms. The van der Waals surface area contributed by atoms with E-state index in [1.807, 2.05) is 38.1 Å². The quantitative estimate of drug-likeness (QED) is 0.659. The Kier molecular flexibility index (Phi) is 6.91. The number of piperazine rings is 1. The Bertz CT molecular complexity index is 993. The lowest BCUT2D eigenvalue weighted by Crippen LogP contribution is -2.50. The summed E-state index contributed by atoms with van der Waals surface area (Å²) in [5, 5.41) is 2.93. The van der Waals surface area contributed by atoms with Crippen molar-refractivity contribution >= 4 is 23.4 Å². The van der Waals surface area contributed by atoms with Crippen LogP contribution in [0.3, 0.4) is 0 Å². The second-order valence-corrected chi connectivity index (χ2v) is 9.12. The Hall–Kier alpha value is -3.03. The molecule has 4 rings (SSSR count). The van der Waals surface area contributed by atoms with Gasteiger partial charge in [0.25, 0.3) is 11.8 Å². The molecule has 2 aromatic carbocycles. The van der Waals surface area contributed by atoms with Crippen molar-refractivity contribution < 1.29 is 14.4 Å². The van der Waals surface area contributed by atoms with E-state index < -0.39 is 17.9 Å². The summed E-state index contributed by atoms with van der Waals surface area (Å²) in [7, 11) is 2.14. The molecule has 2 aliphatic heterocycles. The number of hydrogen-bond acceptors (Lipinski definition) is 5. The monoisotopic (exact) mass is 448 g/mol. The number of nitrogens with one attached hydrogen (secondary N) is 1. The van der Waals surface area contributed by atoms with Crippen LogP contribution in [0, 0.1) is 5.92 Å². The molecule has 0 aliphatic carbocycles. The molecule has 0 saturated carbocycles. The van der Waals surface area contributed by atoms with E-state index in [4.69, 9.17) is 0 Å². The van der Waals surface area contributed by atoms with Crippen LogP contribution in [0.1, 0.15) is 46.5 Å². The first-order valence-corrected chi connectivity index (χ1v) is 11.7. The van der Waals surface area contributed by atoms with Crippen LogP contribution in [0.2, 0.25) is 0 Å². The van der Waals surface area contributed by atoms with E-state index in [9.17, 15) is 14.4 Å². The first-order valence-electron chi connectivity index (χ1n) is 11.7. The molecule has 1 saturated heterocycles. The SMILES string of the molecule is CCC(C)C(C(=O)Nc1ccc(CN2CCN(C)CC2)cc1)N1C(=O)c2ccccc2C1=O. The van der Waals surface area contributed by atoms with Gasteiger partial charge in [0.05, 0.1) is 11.1 Å². The van der Waals surface area contributed by atoms with Crippen molar-refractivity contribution in [3.05, 3.63) is 65.2 Å². The number of amides is 3. The maximum Gasteiger partial charge on any atom is 0.262 e. The van der Waals surface area contributed by atoms with E-state index >= 15 is 0 Å². The van der Waals surface area contributed by atoms with Gasteiger partial charge in [0.2, 0.25) is 5.91 Å². The minimum atomic E-state index is -0.868. The summed E-state index contributed by atoms with van der Waals surface area (Å²) in [6.45, 7) is 8.97. The van der Waals surface area contributed by atoms with Crippen LogP contribution in [-0.4, -0.2) is 71.7 Å². The average Bonchev–Trinajstić information content (AvgIpc) is 3.07. The van der Waals surface area contributed by atoms with Gasteiger partial charge < -0.3 is 10.2 Å². The number of nitrogens with zero attached hydrogens (tertiary/aromatic N) is 3. The van der Waals surface area contributed by atoms with Gasteiger partial charge in [-0.2, -0.15) is 0 Å². The topological polar surface area (TPSA) is 73.0 Å². The molecule has 3 amide bonds. The number of carbonyl (C=O) groups excluding carboxylic acids is 3. The third-order valence-electron chi connectivity index (χ3n) is 6.78. The first-order chi connectivity index (χ1) is 15.9. The van der Waals surface area contributed by atoms with Gasteiger partial charge in [-0.1, -0.05) is 44.5 Å². The second kappa shape index (κ2) is 9.85. The normalized spacial score (nSPS) is 18.8. The molecule has 174 valence electrons. The number of fused-ring (bicyclic) bond motifs is 1. The molecule has 1 fully saturated rings. The van der Waals surface area contributed by atoms with E-state index in [0.717, 1.165) is 37.6 Å². The fourth-order valence-electron chi connectivity index (χ4n) is 4.49. The lowest BCUT2D eigenvalue weighted by atomic mass is 9.96. The van der Waals surface area contributed by atoms with Crippen LogP contribution in [0.15, 0.2) is 48.5 Å². The van der Waals surface area contributed by atoms with Crippen molar-refractivity contribution in [2.75, 3.05) is 38.5 Å². The smallest absolute Gasteiger partial charge is 0.262 e. The zero-order valence-electron chi connectivity index (χ0n) is 19.6. The summed E-state index contributed by atoms with van der Waals surface area (Å²) >= 11 is 0. The van der Waals surface area contributed by atoms with Crippen molar-refractivity contribution in [3.8, 4) is 0 Å². The van der Waals surface area contributed by atoms with Crippen LogP contribution < -0.4 is 5.32 Å². The van der Waals surface area contributed by atoms with Crippen LogP contribution in [-0.2, 0) is 11.3 Å². The summed E-state index contributed by atoms with van der Waals surface area (Å²) in [5.74, 6) is -1.33. The summed E-state index contributed by atoms with van der Waals surface area (Å²) in [5.41, 5.74) is 2.57. The molecular formula is C26H32N4O3. The lowest BCUT2D eigenvalue weighted by Gasteiger charge is -2.32. The number of imide groups is 1. The molecule has 0 aromatic heterocycles. The van der Waals surface area contributed by atoms with Crippen LogP contribution in [0.4, 0.5) is 5.69 Å². The molecule has 1 N–H and O–H groups in total. The van der Waals surface area contributed by atoms with E-state index in [2.05, 4.69) is 22.2 Å². The highest BCUT2D eigenvalue weighted by Crippen LogP contribution is 2.29. The fourth-order valence-corrected chi connectivity index (χ4v) is 4.49. The molecule has 2 unspecified atom stereocenters. The maximum atomic E-state index is 13.3. The molecule has 2 heterocycles. The number of carbonyl (C=O) groups is 3. The molecule has 0 spiro atoms. The number of anilines is 1. The Morgan fingerprint density at radius 3 is 2.06 bits per heavy atom. The minimum Gasteiger partial charge on any atom is -0.324 e. The highest BCUT2D eigenvalue weighted by Gasteiger charge is 2.44. The molecule has 0 radical (unpaired) electrons. The van der Waals surface area contributed by atoms with Crippen molar-refractivity contribution in [2.45, 2.75) is 32.9 Å². The predicted octanol–water partition coefficient (Wildman–Crippen LogP) is 3.08. The summed E-state index contributed by atoms with van der Waals surface area (Å²) < 4.78 is 0. The zero-order chi connectivity index (χ0) is 23.5. The molecular weight excluding hydrogens is 416 g/mol. The van der Waals surface area contributed by atoms with E-state index in [1.165, 1.54) is 5.56 Å². The molecule has 7 heteroatoms. The van der Waals surface area contributed by atoms with Crippen molar-refractivity contribution in [2.24, 2.45) is 5.92 Å². The van der Waals surface area contributed by atoms with E-state index in [0.29, 0.717) is 23.2 Å². The zero-order valence-corrected chi connectivity index (χ0v) is 19.6. The van der Waals surface area contributed by atoms with Crippen molar-refractivity contribution in [1.29, 1.82) is 0 Å². The van der Waals surface area contributed by atoms with Crippen molar-refractivity contribution in [3.63, 3.8) is 0 Å². The standard InChI is InChI=1S/C26H32N4O3/c1-4-18(2)23(30-25(32)21-7-5-6-8-22(21)26(30)33)24(31)27-20-11-9-19(10-12-20)17-29-15-13-28(3)14-16-29/h5-12,18,23H,4,13-17H2,1-3H3,(H,27,31). The summed E-state index contributed by atoms with van der Waals surface area (Å²) in [4.78, 5) is 45.2. The van der Waals surface area contributed by atoms with Gasteiger partial charge in [-0.25, -0.2) is 0 Å². The highest BCUT2D eigenvalue weighted by molar-refractivity contribution is 6.23. The van der Waals surface area contributed by atoms with Gasteiger partial charge in [-0.3, -0.25) is 24.2 Å². The van der Waals surface area contributed by atoms with Gasteiger partial charge in [-0.15, -0.1) is 0 Å². The molecule has 2 atom stereocenters. The molecule has 7 nitrogen and oxygen atoms in total. The Morgan fingerprint density at radius 1 is 0.939 bits per heavy atom. The first kappa shape index (κ1) is 23.1. The minimum absolute atomic E-state index is 0.177. The fraction of sp³-hybridized carbons (Fsp3) is 0.423. The third-order valence-corrected chi connectivity index (χ3v) is 6.78. The number of likely N-dealkylation sites (N-methyl/N-ethyl adjacent to an activating group) is 1. The predicted molar refractivity (Wildman–Crippen MR) is 128 cm³/mol. The Balaban J connectivity index is 1.46. The van der Waals surface area contributed by atoms with Gasteiger partial charge in [0, 0.05) is 38.4 Å². The van der Waals surface area contributed by atoms with Gasteiger partial charge in [0.15, 0.2) is 0 Å². The van der Waals surface area contributed by atoms with Crippen molar-refractivity contribution in [1.82, 2.24) is 14.7 Å². The average molecular weight is 449 g/mol. The lowest BCUT2D eigenvalue weighted by molar-refractivity contribution is -0.121. The second-order valence-electron chi connectivity index (χ2n) is 9.12. The number of rotatable bonds is 7. The Morgan fingerprint density at radius 2 is 1.52 bits per heavy atom. The third kappa shape index (κ3) is 4.84. The van der Waals surface area contributed by atoms with E-state index in [-0.39, 0.29) is 11.8 Å². The molecule has 0 bridgehead atoms. The number of benzene rings is 2. The van der Waals surface area contributed by atoms with E-state index in [1.54, 1.807) is 24.3 Å². The molecule has 2 aromatic rings. The summed E-state index contributed by atoms with van der Waals surface area (Å²) in [6, 6.07) is 13.7. The van der Waals surface area contributed by atoms with Gasteiger partial charge in [0.1, 0.15) is 6.04 Å². The van der Waals surface area contributed by atoms with Crippen LogP contribution in [0.5, 0.6) is 0 Å².